The van der Waals surface area contributed by atoms with Crippen LogP contribution in [0.5, 0.6) is 0 Å². The maximum atomic E-state index is 13.7. The molecule has 0 aromatic carbocycles. The molecule has 0 aromatic heterocycles. The summed E-state index contributed by atoms with van der Waals surface area (Å²) >= 11 is 0. The highest BCUT2D eigenvalue weighted by molar-refractivity contribution is 6.06. The quantitative estimate of drug-likeness (QED) is 0.307. The van der Waals surface area contributed by atoms with Crippen LogP contribution in [0.25, 0.3) is 0 Å². The molecule has 0 N–H and O–H groups in total. The topological polar surface area (TPSA) is 69.7 Å². The van der Waals surface area contributed by atoms with E-state index in [9.17, 15) is 27.6 Å². The lowest BCUT2D eigenvalue weighted by Crippen LogP contribution is -2.52. The largest absolute Gasteiger partial charge is 0.462 e. The Bertz CT molecular complexity index is 948. The third-order valence-electron chi connectivity index (χ3n) is 8.88. The van der Waals surface area contributed by atoms with Crippen molar-refractivity contribution in [3.05, 3.63) is 23.0 Å². The highest BCUT2D eigenvalue weighted by Crippen LogP contribution is 2.66. The summed E-state index contributed by atoms with van der Waals surface area (Å²) in [6, 6.07) is 0. The van der Waals surface area contributed by atoms with Gasteiger partial charge in [-0.05, 0) is 74.2 Å². The minimum atomic E-state index is -4.93. The van der Waals surface area contributed by atoms with Crippen LogP contribution in [0.2, 0.25) is 0 Å². The Morgan fingerprint density at radius 3 is 2.33 bits per heavy atom. The van der Waals surface area contributed by atoms with Crippen LogP contribution in [0.1, 0.15) is 72.6 Å². The highest BCUT2D eigenvalue weighted by atomic mass is 19.4. The van der Waals surface area contributed by atoms with Crippen molar-refractivity contribution < 1.29 is 37.0 Å². The Hall–Kier alpha value is -2.12. The maximum absolute atomic E-state index is 13.7. The summed E-state index contributed by atoms with van der Waals surface area (Å²) in [5.74, 6) is -2.86. The Kier molecular flexibility index (Phi) is 5.81. The van der Waals surface area contributed by atoms with E-state index in [4.69, 9.17) is 4.74 Å². The number of fused-ring (bicyclic) bond motifs is 5. The molecule has 0 bridgehead atoms. The van der Waals surface area contributed by atoms with Gasteiger partial charge in [0, 0.05) is 24.8 Å². The molecule has 0 radical (unpaired) electrons. The molecule has 182 valence electrons. The second kappa shape index (κ2) is 7.98. The zero-order valence-electron chi connectivity index (χ0n) is 19.5. The fourth-order valence-electron chi connectivity index (χ4n) is 7.48. The Morgan fingerprint density at radius 1 is 1.03 bits per heavy atom. The third-order valence-corrected chi connectivity index (χ3v) is 8.88. The fraction of sp³-hybridized carbons (Fsp3) is 0.720. The van der Waals surface area contributed by atoms with Gasteiger partial charge in [-0.25, -0.2) is 0 Å². The lowest BCUT2D eigenvalue weighted by molar-refractivity contribution is -0.159. The number of hydrogen-bond acceptors (Lipinski definition) is 5. The van der Waals surface area contributed by atoms with E-state index in [1.54, 1.807) is 0 Å². The predicted molar refractivity (Wildman–Crippen MR) is 112 cm³/mol. The first-order valence-corrected chi connectivity index (χ1v) is 11.7. The van der Waals surface area contributed by atoms with Gasteiger partial charge in [0.2, 0.25) is 5.76 Å². The number of hydrogen-bond donors (Lipinski definition) is 0. The average Bonchev–Trinajstić information content (AvgIpc) is 3.01. The van der Waals surface area contributed by atoms with Gasteiger partial charge in [0.15, 0.2) is 5.78 Å². The zero-order chi connectivity index (χ0) is 24.3. The predicted octanol–water partition coefficient (Wildman–Crippen LogP) is 5.44. The highest BCUT2D eigenvalue weighted by Gasteiger charge is 2.60. The molecule has 0 saturated heterocycles. The molecule has 0 spiro atoms. The molecule has 0 amide bonds. The number of ketones is 1. The average molecular weight is 469 g/mol. The minimum absolute atomic E-state index is 0.0856. The van der Waals surface area contributed by atoms with Crippen molar-refractivity contribution in [3.63, 3.8) is 0 Å². The van der Waals surface area contributed by atoms with Crippen molar-refractivity contribution in [2.45, 2.75) is 84.9 Å². The lowest BCUT2D eigenvalue weighted by atomic mass is 9.47. The number of allylic oxidation sites excluding steroid dienone is 3. The van der Waals surface area contributed by atoms with Crippen molar-refractivity contribution in [3.8, 4) is 0 Å². The van der Waals surface area contributed by atoms with Gasteiger partial charge in [0.1, 0.15) is 6.10 Å². The first-order valence-electron chi connectivity index (χ1n) is 11.7. The van der Waals surface area contributed by atoms with Crippen molar-refractivity contribution in [1.82, 2.24) is 0 Å². The molecule has 4 aliphatic carbocycles. The number of halogens is 3. The normalized spacial score (nSPS) is 39.6. The lowest BCUT2D eigenvalue weighted by Gasteiger charge is -2.58. The number of alkyl halides is 3. The van der Waals surface area contributed by atoms with Gasteiger partial charge in [-0.1, -0.05) is 19.4 Å². The van der Waals surface area contributed by atoms with Crippen LogP contribution in [0.15, 0.2) is 23.0 Å². The van der Waals surface area contributed by atoms with Crippen LogP contribution in [0.3, 0.4) is 0 Å². The van der Waals surface area contributed by atoms with Crippen molar-refractivity contribution in [1.29, 1.82) is 0 Å². The van der Waals surface area contributed by atoms with Crippen molar-refractivity contribution in [2.75, 3.05) is 0 Å². The standard InChI is InChI=1S/C25H31F3O5/c1-13(29)32-21-8-7-18-16-6-5-15-11-20(31)17(22(25(26,27)28)33-14(2)30)12-24(15,4)19(16)9-10-23(18,21)3/h11,16,18-19,21H,5-10,12H2,1-4H3/b22-17+. The first kappa shape index (κ1) is 24.0. The summed E-state index contributed by atoms with van der Waals surface area (Å²) in [7, 11) is 0. The Morgan fingerprint density at radius 2 is 1.73 bits per heavy atom. The molecule has 4 aliphatic rings. The van der Waals surface area contributed by atoms with E-state index in [1.807, 2.05) is 6.92 Å². The molecular formula is C25H31F3O5. The molecule has 0 aliphatic heterocycles. The van der Waals surface area contributed by atoms with E-state index >= 15 is 0 Å². The van der Waals surface area contributed by atoms with Gasteiger partial charge < -0.3 is 9.47 Å². The van der Waals surface area contributed by atoms with E-state index in [-0.39, 0.29) is 35.7 Å². The smallest absolute Gasteiger partial charge is 0.450 e. The van der Waals surface area contributed by atoms with Gasteiger partial charge >= 0.3 is 18.1 Å². The van der Waals surface area contributed by atoms with E-state index in [0.717, 1.165) is 44.6 Å². The molecule has 0 aromatic rings. The van der Waals surface area contributed by atoms with Gasteiger partial charge in [-0.15, -0.1) is 0 Å². The summed E-state index contributed by atoms with van der Waals surface area (Å²) in [5.41, 5.74) is -0.298. The first-order chi connectivity index (χ1) is 15.3. The van der Waals surface area contributed by atoms with Gasteiger partial charge in [0.05, 0.1) is 0 Å². The molecule has 6 unspecified atom stereocenters. The number of rotatable bonds is 2. The molecule has 5 nitrogen and oxygen atoms in total. The maximum Gasteiger partial charge on any atom is 0.450 e. The molecule has 0 heterocycles. The van der Waals surface area contributed by atoms with E-state index in [2.05, 4.69) is 11.7 Å². The number of carbonyl (C=O) groups is 3. The summed E-state index contributed by atoms with van der Waals surface area (Å²) in [5, 5.41) is 0. The summed E-state index contributed by atoms with van der Waals surface area (Å²) in [6.45, 7) is 6.47. The summed E-state index contributed by atoms with van der Waals surface area (Å²) < 4.78 is 51.4. The fourth-order valence-corrected chi connectivity index (χ4v) is 7.48. The molecule has 3 saturated carbocycles. The Labute approximate surface area is 191 Å². The van der Waals surface area contributed by atoms with E-state index in [0.29, 0.717) is 12.3 Å². The van der Waals surface area contributed by atoms with Crippen LogP contribution < -0.4 is 0 Å². The second-order valence-corrected chi connectivity index (χ2v) is 10.7. The monoisotopic (exact) mass is 468 g/mol. The minimum Gasteiger partial charge on any atom is -0.462 e. The molecular weight excluding hydrogens is 437 g/mol. The van der Waals surface area contributed by atoms with Gasteiger partial charge in [-0.2, -0.15) is 13.2 Å². The number of esters is 2. The van der Waals surface area contributed by atoms with Gasteiger partial charge in [-0.3, -0.25) is 14.4 Å². The van der Waals surface area contributed by atoms with Crippen LogP contribution >= 0.6 is 0 Å². The van der Waals surface area contributed by atoms with E-state index < -0.39 is 34.7 Å². The molecule has 8 heteroatoms. The number of ether oxygens (including phenoxy) is 2. The van der Waals surface area contributed by atoms with Crippen LogP contribution in [0.4, 0.5) is 13.2 Å². The SMILES string of the molecule is CC(=O)O/C(=C1\CC2(C)C(=CC1=O)CCC1C2CCC2(C)C(OC(C)=O)CCC12)C(F)(F)F. The number of carbonyl (C=O) groups excluding carboxylic acids is 3. The third kappa shape index (κ3) is 3.93. The van der Waals surface area contributed by atoms with Crippen molar-refractivity contribution in [2.24, 2.45) is 28.6 Å². The van der Waals surface area contributed by atoms with Crippen molar-refractivity contribution >= 4 is 17.7 Å². The Balaban J connectivity index is 1.70. The molecule has 33 heavy (non-hydrogen) atoms. The summed E-state index contributed by atoms with van der Waals surface area (Å²) in [4.78, 5) is 35.7. The molecule has 3 fully saturated rings. The molecule has 6 atom stereocenters. The summed E-state index contributed by atoms with van der Waals surface area (Å²) in [6.07, 6.45) is 1.09. The van der Waals surface area contributed by atoms with E-state index in [1.165, 1.54) is 13.0 Å². The van der Waals surface area contributed by atoms with Gasteiger partial charge in [0.25, 0.3) is 0 Å². The molecule has 4 rings (SSSR count). The van der Waals surface area contributed by atoms with Crippen LogP contribution in [0, 0.1) is 28.6 Å². The second-order valence-electron chi connectivity index (χ2n) is 10.7. The van der Waals surface area contributed by atoms with Crippen LogP contribution in [-0.4, -0.2) is 30.0 Å². The van der Waals surface area contributed by atoms with Crippen LogP contribution in [-0.2, 0) is 23.9 Å². The zero-order valence-corrected chi connectivity index (χ0v) is 19.5.